The number of para-hydroxylation sites is 1. The zero-order valence-corrected chi connectivity index (χ0v) is 17.4. The van der Waals surface area contributed by atoms with Crippen LogP contribution in [0.15, 0.2) is 42.6 Å². The van der Waals surface area contributed by atoms with Gasteiger partial charge in [0.1, 0.15) is 5.60 Å². The molecule has 4 atom stereocenters. The van der Waals surface area contributed by atoms with Gasteiger partial charge in [-0.2, -0.15) is 0 Å². The zero-order chi connectivity index (χ0) is 20.7. The van der Waals surface area contributed by atoms with Crippen LogP contribution in [-0.4, -0.2) is 53.0 Å². The molecule has 0 unspecified atom stereocenters. The van der Waals surface area contributed by atoms with Crippen LogP contribution in [0, 0.1) is 11.8 Å². The van der Waals surface area contributed by atoms with E-state index in [1.807, 2.05) is 35.4 Å². The molecule has 2 bridgehead atoms. The maximum Gasteiger partial charge on any atom is 0.230 e. The zero-order valence-electron chi connectivity index (χ0n) is 17.4. The second-order valence-corrected chi connectivity index (χ2v) is 8.77. The Morgan fingerprint density at radius 2 is 2.20 bits per heavy atom. The van der Waals surface area contributed by atoms with Gasteiger partial charge in [0.2, 0.25) is 11.8 Å². The standard InChI is InChI=1S/C24H29N3O3/c1-2-3-6-12-25-22(28)20-19-9-11-24(30-19)15-27(23(29)21(20)24)13-10-16-14-26-18-8-5-4-7-17(16)18/h4-5,7-9,11,14,19-21,26H,2-3,6,10,12-13,15H2,1H3,(H,25,28)/t19-,20+,21-,24+/m1/s1. The van der Waals surface area contributed by atoms with E-state index in [1.54, 1.807) is 0 Å². The topological polar surface area (TPSA) is 74.4 Å². The average Bonchev–Trinajstić information content (AvgIpc) is 3.49. The molecule has 2 fully saturated rings. The highest BCUT2D eigenvalue weighted by Gasteiger charge is 2.66. The number of carbonyl (C=O) groups is 2. The normalized spacial score (nSPS) is 29.2. The van der Waals surface area contributed by atoms with Gasteiger partial charge in [-0.1, -0.05) is 50.1 Å². The number of fused-ring (bicyclic) bond motifs is 2. The Balaban J connectivity index is 1.27. The number of nitrogens with one attached hydrogen (secondary N) is 2. The van der Waals surface area contributed by atoms with E-state index in [0.717, 1.165) is 31.2 Å². The number of aromatic amines is 1. The number of hydrogen-bond donors (Lipinski definition) is 2. The van der Waals surface area contributed by atoms with Crippen LogP contribution in [0.5, 0.6) is 0 Å². The monoisotopic (exact) mass is 407 g/mol. The summed E-state index contributed by atoms with van der Waals surface area (Å²) in [4.78, 5) is 31.4. The predicted molar refractivity (Wildman–Crippen MR) is 115 cm³/mol. The molecule has 0 aliphatic carbocycles. The number of carbonyl (C=O) groups excluding carboxylic acids is 2. The molecule has 158 valence electrons. The van der Waals surface area contributed by atoms with Gasteiger partial charge in [-0.25, -0.2) is 0 Å². The largest absolute Gasteiger partial charge is 0.361 e. The SMILES string of the molecule is CCCCCNC(=O)[C@H]1[C@H]2C=C[C@@]3(CN(CCc4c[nH]c5ccccc45)C(=O)[C@@H]13)O2. The molecule has 2 amide bonds. The minimum atomic E-state index is -0.632. The summed E-state index contributed by atoms with van der Waals surface area (Å²) < 4.78 is 6.21. The molecule has 2 aromatic rings. The summed E-state index contributed by atoms with van der Waals surface area (Å²) in [6.07, 6.45) is 9.70. The minimum absolute atomic E-state index is 0.0424. The maximum absolute atomic E-state index is 13.3. The molecule has 6 nitrogen and oxygen atoms in total. The summed E-state index contributed by atoms with van der Waals surface area (Å²) in [6.45, 7) is 3.97. The summed E-state index contributed by atoms with van der Waals surface area (Å²) in [6, 6.07) is 8.21. The molecular weight excluding hydrogens is 378 g/mol. The van der Waals surface area contributed by atoms with E-state index in [-0.39, 0.29) is 17.9 Å². The molecule has 5 rings (SSSR count). The van der Waals surface area contributed by atoms with Crippen LogP contribution in [0.3, 0.4) is 0 Å². The molecule has 1 spiro atoms. The van der Waals surface area contributed by atoms with Gasteiger partial charge in [-0.3, -0.25) is 9.59 Å². The number of benzene rings is 1. The molecular formula is C24H29N3O3. The van der Waals surface area contributed by atoms with Crippen molar-refractivity contribution in [2.75, 3.05) is 19.6 Å². The average molecular weight is 408 g/mol. The molecule has 0 radical (unpaired) electrons. The highest BCUT2D eigenvalue weighted by atomic mass is 16.5. The highest BCUT2D eigenvalue weighted by molar-refractivity contribution is 5.93. The van der Waals surface area contributed by atoms with Crippen molar-refractivity contribution in [2.24, 2.45) is 11.8 Å². The van der Waals surface area contributed by atoms with E-state index in [2.05, 4.69) is 29.4 Å². The van der Waals surface area contributed by atoms with Gasteiger partial charge in [0.15, 0.2) is 0 Å². The first kappa shape index (κ1) is 19.4. The third-order valence-corrected chi connectivity index (χ3v) is 6.89. The number of ether oxygens (including phenoxy) is 1. The summed E-state index contributed by atoms with van der Waals surface area (Å²) in [5, 5.41) is 4.23. The Morgan fingerprint density at radius 3 is 3.07 bits per heavy atom. The first-order valence-corrected chi connectivity index (χ1v) is 11.1. The van der Waals surface area contributed by atoms with Crippen LogP contribution in [0.4, 0.5) is 0 Å². The second-order valence-electron chi connectivity index (χ2n) is 8.77. The Labute approximate surface area is 176 Å². The first-order chi connectivity index (χ1) is 14.6. The van der Waals surface area contributed by atoms with E-state index in [4.69, 9.17) is 4.74 Å². The summed E-state index contributed by atoms with van der Waals surface area (Å²) in [7, 11) is 0. The Bertz CT molecular complexity index is 996. The van der Waals surface area contributed by atoms with Crippen molar-refractivity contribution in [3.8, 4) is 0 Å². The lowest BCUT2D eigenvalue weighted by Gasteiger charge is -2.23. The summed E-state index contributed by atoms with van der Waals surface area (Å²) in [5.41, 5.74) is 1.69. The number of amides is 2. The molecule has 4 heterocycles. The van der Waals surface area contributed by atoms with E-state index >= 15 is 0 Å². The minimum Gasteiger partial charge on any atom is -0.361 e. The second kappa shape index (κ2) is 7.58. The Morgan fingerprint density at radius 1 is 1.33 bits per heavy atom. The first-order valence-electron chi connectivity index (χ1n) is 11.1. The van der Waals surface area contributed by atoms with Crippen LogP contribution in [0.2, 0.25) is 0 Å². The lowest BCUT2D eigenvalue weighted by atomic mass is 9.77. The van der Waals surface area contributed by atoms with Crippen LogP contribution in [0.1, 0.15) is 31.7 Å². The highest BCUT2D eigenvalue weighted by Crippen LogP contribution is 2.51. The molecule has 2 saturated heterocycles. The molecule has 3 aliphatic heterocycles. The van der Waals surface area contributed by atoms with Gasteiger partial charge in [0, 0.05) is 30.2 Å². The van der Waals surface area contributed by atoms with Crippen molar-refractivity contribution in [1.29, 1.82) is 0 Å². The number of hydrogen-bond acceptors (Lipinski definition) is 3. The van der Waals surface area contributed by atoms with Crippen LogP contribution < -0.4 is 5.32 Å². The molecule has 1 aromatic carbocycles. The number of H-pyrrole nitrogens is 1. The third kappa shape index (κ3) is 3.05. The van der Waals surface area contributed by atoms with E-state index < -0.39 is 17.4 Å². The van der Waals surface area contributed by atoms with E-state index in [1.165, 1.54) is 10.9 Å². The fourth-order valence-corrected chi connectivity index (χ4v) is 5.37. The summed E-state index contributed by atoms with van der Waals surface area (Å²) in [5.74, 6) is -0.807. The molecule has 0 saturated carbocycles. The van der Waals surface area contributed by atoms with Gasteiger partial charge in [0.25, 0.3) is 0 Å². The van der Waals surface area contributed by atoms with E-state index in [9.17, 15) is 9.59 Å². The lowest BCUT2D eigenvalue weighted by molar-refractivity contribution is -0.137. The fraction of sp³-hybridized carbons (Fsp3) is 0.500. The lowest BCUT2D eigenvalue weighted by Crippen LogP contribution is -2.44. The van der Waals surface area contributed by atoms with Crippen molar-refractivity contribution in [2.45, 2.75) is 44.3 Å². The predicted octanol–water partition coefficient (Wildman–Crippen LogP) is 2.80. The van der Waals surface area contributed by atoms with Gasteiger partial charge in [-0.05, 0) is 24.5 Å². The van der Waals surface area contributed by atoms with Crippen LogP contribution in [-0.2, 0) is 20.7 Å². The van der Waals surface area contributed by atoms with Gasteiger partial charge < -0.3 is 19.9 Å². The molecule has 1 aromatic heterocycles. The molecule has 3 aliphatic rings. The summed E-state index contributed by atoms with van der Waals surface area (Å²) >= 11 is 0. The van der Waals surface area contributed by atoms with Gasteiger partial charge in [-0.15, -0.1) is 0 Å². The molecule has 2 N–H and O–H groups in total. The van der Waals surface area contributed by atoms with E-state index in [0.29, 0.717) is 19.6 Å². The molecule has 6 heteroatoms. The van der Waals surface area contributed by atoms with Crippen molar-refractivity contribution < 1.29 is 14.3 Å². The van der Waals surface area contributed by atoms with Crippen molar-refractivity contribution in [3.05, 3.63) is 48.2 Å². The van der Waals surface area contributed by atoms with Crippen molar-refractivity contribution >= 4 is 22.7 Å². The number of rotatable bonds is 8. The Hall–Kier alpha value is -2.60. The fourth-order valence-electron chi connectivity index (χ4n) is 5.37. The van der Waals surface area contributed by atoms with Crippen LogP contribution >= 0.6 is 0 Å². The maximum atomic E-state index is 13.3. The Kier molecular flexibility index (Phi) is 4.89. The quantitative estimate of drug-likeness (QED) is 0.522. The molecule has 30 heavy (non-hydrogen) atoms. The van der Waals surface area contributed by atoms with Crippen molar-refractivity contribution in [1.82, 2.24) is 15.2 Å². The van der Waals surface area contributed by atoms with Gasteiger partial charge >= 0.3 is 0 Å². The number of unbranched alkanes of at least 4 members (excludes halogenated alkanes) is 2. The number of aromatic nitrogens is 1. The smallest absolute Gasteiger partial charge is 0.230 e. The third-order valence-electron chi connectivity index (χ3n) is 6.89. The van der Waals surface area contributed by atoms with Crippen LogP contribution in [0.25, 0.3) is 10.9 Å². The van der Waals surface area contributed by atoms with Crippen molar-refractivity contribution in [3.63, 3.8) is 0 Å². The number of nitrogens with zero attached hydrogens (tertiary/aromatic N) is 1. The van der Waals surface area contributed by atoms with Gasteiger partial charge in [0.05, 0.1) is 24.5 Å². The number of likely N-dealkylation sites (tertiary alicyclic amines) is 1.